The van der Waals surface area contributed by atoms with Crippen LogP contribution in [0.5, 0.6) is 0 Å². The second kappa shape index (κ2) is 9.25. The molecule has 3 heterocycles. The molecule has 38 heavy (non-hydrogen) atoms. The molecule has 0 saturated heterocycles. The Balaban J connectivity index is 0.00000353. The van der Waals surface area contributed by atoms with Gasteiger partial charge in [-0.15, -0.1) is 0 Å². The van der Waals surface area contributed by atoms with Gasteiger partial charge in [0.1, 0.15) is 11.1 Å². The van der Waals surface area contributed by atoms with Crippen LogP contribution in [0.1, 0.15) is 36.0 Å². The zero-order chi connectivity index (χ0) is 27.4. The molecule has 198 valence electrons. The van der Waals surface area contributed by atoms with Crippen molar-refractivity contribution in [2.45, 2.75) is 50.4 Å². The number of fused-ring (bicyclic) bond motifs is 2. The molecule has 5 rings (SSSR count). The predicted molar refractivity (Wildman–Crippen MR) is 151 cm³/mol. The quantitative estimate of drug-likeness (QED) is 0.254. The van der Waals surface area contributed by atoms with Crippen LogP contribution in [0.2, 0.25) is 5.02 Å². The minimum absolute atomic E-state index is 0. The maximum atomic E-state index is 13.4. The van der Waals surface area contributed by atoms with Crippen molar-refractivity contribution in [1.29, 1.82) is 0 Å². The van der Waals surface area contributed by atoms with Gasteiger partial charge in [-0.2, -0.15) is 0 Å². The van der Waals surface area contributed by atoms with Gasteiger partial charge in [0.05, 0.1) is 33.2 Å². The summed E-state index contributed by atoms with van der Waals surface area (Å²) in [6.45, 7) is 8.73. The van der Waals surface area contributed by atoms with Crippen molar-refractivity contribution in [2.75, 3.05) is 0 Å². The summed E-state index contributed by atoms with van der Waals surface area (Å²) in [5, 5.41) is 0.696. The maximum absolute atomic E-state index is 13.4. The Morgan fingerprint density at radius 1 is 1.13 bits per heavy atom. The second-order valence-corrected chi connectivity index (χ2v) is 13.2. The standard InChI is InChI=1S/C28H27ClN4O4S.H2/c1-16(2)38(35,36)18-11-9-17(10-12-18)22-15-31-26-25(32-22)20(14-30-26)24-13-19-21(29)7-6-8-23(19)33(24)27(34)37-28(3,4)5;/h6-16H,1-5H3,(H,30,31);1H. The molecule has 0 fully saturated rings. The van der Waals surface area contributed by atoms with E-state index in [0.717, 1.165) is 0 Å². The van der Waals surface area contributed by atoms with E-state index in [2.05, 4.69) is 9.97 Å². The van der Waals surface area contributed by atoms with E-state index >= 15 is 0 Å². The summed E-state index contributed by atoms with van der Waals surface area (Å²) < 4.78 is 32.2. The van der Waals surface area contributed by atoms with Crippen molar-refractivity contribution in [2.24, 2.45) is 0 Å². The second-order valence-electron chi connectivity index (χ2n) is 10.3. The first-order valence-corrected chi connectivity index (χ1v) is 14.0. The molecular formula is C28H29ClN4O4S. The molecule has 10 heteroatoms. The van der Waals surface area contributed by atoms with E-state index in [1.54, 1.807) is 62.6 Å². The van der Waals surface area contributed by atoms with Gasteiger partial charge < -0.3 is 9.72 Å². The highest BCUT2D eigenvalue weighted by atomic mass is 35.5. The van der Waals surface area contributed by atoms with Crippen molar-refractivity contribution < 1.29 is 19.4 Å². The van der Waals surface area contributed by atoms with E-state index in [1.165, 1.54) is 4.57 Å². The molecule has 2 aromatic carbocycles. The topological polar surface area (TPSA) is 107 Å². The van der Waals surface area contributed by atoms with Gasteiger partial charge >= 0.3 is 6.09 Å². The molecule has 8 nitrogen and oxygen atoms in total. The molecule has 0 radical (unpaired) electrons. The lowest BCUT2D eigenvalue weighted by Crippen LogP contribution is -2.27. The summed E-state index contributed by atoms with van der Waals surface area (Å²) in [7, 11) is -3.39. The fraction of sp³-hybridized carbons (Fsp3) is 0.250. The summed E-state index contributed by atoms with van der Waals surface area (Å²) in [4.78, 5) is 26.1. The van der Waals surface area contributed by atoms with Crippen molar-refractivity contribution in [1.82, 2.24) is 19.5 Å². The third-order valence-corrected chi connectivity index (χ3v) is 8.62. The number of rotatable bonds is 4. The number of ether oxygens (including phenoxy) is 1. The summed E-state index contributed by atoms with van der Waals surface area (Å²) >= 11 is 6.49. The van der Waals surface area contributed by atoms with Crippen LogP contribution in [0, 0.1) is 0 Å². The molecular weight excluding hydrogens is 524 g/mol. The van der Waals surface area contributed by atoms with Gasteiger partial charge in [-0.25, -0.2) is 27.7 Å². The Labute approximate surface area is 227 Å². The van der Waals surface area contributed by atoms with E-state index in [9.17, 15) is 13.2 Å². The van der Waals surface area contributed by atoms with Gasteiger partial charge in [-0.3, -0.25) is 0 Å². The van der Waals surface area contributed by atoms with Gasteiger partial charge in [0, 0.05) is 29.2 Å². The number of hydrogen-bond donors (Lipinski definition) is 1. The Morgan fingerprint density at radius 3 is 2.50 bits per heavy atom. The average Bonchev–Trinajstić information content (AvgIpc) is 3.44. The molecule has 0 aliphatic carbocycles. The molecule has 0 aliphatic heterocycles. The number of sulfone groups is 1. The normalized spacial score (nSPS) is 12.5. The zero-order valence-electron chi connectivity index (χ0n) is 21.6. The van der Waals surface area contributed by atoms with E-state index in [0.29, 0.717) is 49.6 Å². The van der Waals surface area contributed by atoms with Crippen LogP contribution in [-0.4, -0.2) is 44.9 Å². The fourth-order valence-electron chi connectivity index (χ4n) is 4.21. The summed E-state index contributed by atoms with van der Waals surface area (Å²) in [5.41, 5.74) is 3.47. The fourth-order valence-corrected chi connectivity index (χ4v) is 5.49. The smallest absolute Gasteiger partial charge is 0.419 e. The number of nitrogens with zero attached hydrogens (tertiary/aromatic N) is 3. The third kappa shape index (κ3) is 4.56. The van der Waals surface area contributed by atoms with Crippen LogP contribution < -0.4 is 0 Å². The Kier molecular flexibility index (Phi) is 6.31. The van der Waals surface area contributed by atoms with Gasteiger partial charge in [0.25, 0.3) is 0 Å². The highest BCUT2D eigenvalue weighted by Crippen LogP contribution is 2.36. The molecule has 0 bridgehead atoms. The number of H-pyrrole nitrogens is 1. The summed E-state index contributed by atoms with van der Waals surface area (Å²) in [6.07, 6.45) is 2.83. The number of hydrogen-bond acceptors (Lipinski definition) is 6. The van der Waals surface area contributed by atoms with Crippen LogP contribution in [0.25, 0.3) is 44.6 Å². The molecule has 0 aliphatic rings. The van der Waals surface area contributed by atoms with Crippen molar-refractivity contribution >= 4 is 49.6 Å². The van der Waals surface area contributed by atoms with Gasteiger partial charge in [0.15, 0.2) is 15.5 Å². The monoisotopic (exact) mass is 552 g/mol. The molecule has 0 atom stereocenters. The Hall–Kier alpha value is -3.69. The molecule has 0 unspecified atom stereocenters. The van der Waals surface area contributed by atoms with E-state index < -0.39 is 26.8 Å². The first-order chi connectivity index (χ1) is 17.9. The van der Waals surface area contributed by atoms with E-state index in [-0.39, 0.29) is 6.32 Å². The van der Waals surface area contributed by atoms with Crippen LogP contribution in [0.3, 0.4) is 0 Å². The number of carbonyl (C=O) groups is 1. The lowest BCUT2D eigenvalue weighted by Gasteiger charge is -2.21. The minimum Gasteiger partial charge on any atom is -0.443 e. The molecule has 1 N–H and O–H groups in total. The van der Waals surface area contributed by atoms with Gasteiger partial charge in [-0.05, 0) is 65.0 Å². The minimum atomic E-state index is -3.39. The van der Waals surface area contributed by atoms with Crippen LogP contribution in [0.15, 0.2) is 65.8 Å². The Morgan fingerprint density at radius 2 is 1.84 bits per heavy atom. The maximum Gasteiger partial charge on any atom is 0.419 e. The van der Waals surface area contributed by atoms with Crippen molar-refractivity contribution in [3.8, 4) is 22.5 Å². The van der Waals surface area contributed by atoms with Crippen LogP contribution >= 0.6 is 11.6 Å². The van der Waals surface area contributed by atoms with Crippen LogP contribution in [-0.2, 0) is 14.6 Å². The molecule has 0 amide bonds. The SMILES string of the molecule is CC(C)S(=O)(=O)c1ccc(-c2cnc3[nH]cc(-c4cc5c(Cl)cccc5n4C(=O)OC(C)(C)C)c3n2)cc1.[HH]. The molecule has 0 spiro atoms. The third-order valence-electron chi connectivity index (χ3n) is 6.12. The molecule has 3 aromatic heterocycles. The van der Waals surface area contributed by atoms with Crippen molar-refractivity contribution in [3.63, 3.8) is 0 Å². The average molecular weight is 553 g/mol. The summed E-state index contributed by atoms with van der Waals surface area (Å²) in [5.74, 6) is 0. The van der Waals surface area contributed by atoms with Crippen molar-refractivity contribution in [3.05, 3.63) is 65.9 Å². The number of benzene rings is 2. The van der Waals surface area contributed by atoms with Gasteiger partial charge in [-0.1, -0.05) is 29.8 Å². The summed E-state index contributed by atoms with van der Waals surface area (Å²) in [6, 6.07) is 13.8. The zero-order valence-corrected chi connectivity index (χ0v) is 23.2. The van der Waals surface area contributed by atoms with Crippen LogP contribution in [0.4, 0.5) is 4.79 Å². The molecule has 0 saturated carbocycles. The lowest BCUT2D eigenvalue weighted by molar-refractivity contribution is 0.0547. The first kappa shape index (κ1) is 25.9. The van der Waals surface area contributed by atoms with Gasteiger partial charge in [0.2, 0.25) is 0 Å². The molecule has 5 aromatic rings. The largest absolute Gasteiger partial charge is 0.443 e. The Bertz CT molecular complexity index is 1800. The highest BCUT2D eigenvalue weighted by molar-refractivity contribution is 7.92. The number of aromatic nitrogens is 4. The number of aromatic amines is 1. The number of nitrogens with one attached hydrogen (secondary N) is 1. The number of halogens is 1. The lowest BCUT2D eigenvalue weighted by atomic mass is 10.1. The van der Waals surface area contributed by atoms with E-state index in [1.807, 2.05) is 32.9 Å². The first-order valence-electron chi connectivity index (χ1n) is 12.1. The van der Waals surface area contributed by atoms with E-state index in [4.69, 9.17) is 21.3 Å². The highest BCUT2D eigenvalue weighted by Gasteiger charge is 2.25. The number of carbonyl (C=O) groups excluding carboxylic acids is 1. The predicted octanol–water partition coefficient (Wildman–Crippen LogP) is 7.11.